The zero-order valence-electron chi connectivity index (χ0n) is 12.4. The van der Waals surface area contributed by atoms with Crippen molar-refractivity contribution in [3.63, 3.8) is 0 Å². The summed E-state index contributed by atoms with van der Waals surface area (Å²) in [5.74, 6) is 1.89. The first-order chi connectivity index (χ1) is 10.8. The van der Waals surface area contributed by atoms with Gasteiger partial charge in [0, 0.05) is 37.5 Å². The van der Waals surface area contributed by atoms with Crippen LogP contribution in [0.15, 0.2) is 35.1 Å². The van der Waals surface area contributed by atoms with Crippen LogP contribution in [-0.2, 0) is 6.42 Å². The molecule has 0 bridgehead atoms. The molecular weight excluding hydrogens is 278 g/mol. The van der Waals surface area contributed by atoms with Gasteiger partial charge in [-0.2, -0.15) is 0 Å². The smallest absolute Gasteiger partial charge is 0.276 e. The molecule has 0 aromatic carbocycles. The molecule has 0 unspecified atom stereocenters. The lowest BCUT2D eigenvalue weighted by molar-refractivity contribution is 0.0776. The molecule has 4 rings (SSSR count). The van der Waals surface area contributed by atoms with Gasteiger partial charge in [-0.05, 0) is 49.3 Å². The molecule has 1 saturated carbocycles. The Kier molecular flexibility index (Phi) is 3.41. The van der Waals surface area contributed by atoms with Crippen molar-refractivity contribution in [2.24, 2.45) is 5.92 Å². The Bertz CT molecular complexity index is 664. The van der Waals surface area contributed by atoms with E-state index in [4.69, 9.17) is 4.52 Å². The topological polar surface area (TPSA) is 59.2 Å². The summed E-state index contributed by atoms with van der Waals surface area (Å²) in [6, 6.07) is 5.92. The summed E-state index contributed by atoms with van der Waals surface area (Å²) in [6.45, 7) is 1.60. The summed E-state index contributed by atoms with van der Waals surface area (Å²) in [6.07, 6.45) is 7.99. The summed E-state index contributed by atoms with van der Waals surface area (Å²) >= 11 is 0. The molecule has 2 fully saturated rings. The summed E-state index contributed by atoms with van der Waals surface area (Å²) in [5, 5.41) is 3.96. The second-order valence-corrected chi connectivity index (χ2v) is 6.35. The van der Waals surface area contributed by atoms with Gasteiger partial charge in [0.15, 0.2) is 5.69 Å². The van der Waals surface area contributed by atoms with Crippen molar-refractivity contribution in [2.45, 2.75) is 31.6 Å². The summed E-state index contributed by atoms with van der Waals surface area (Å²) in [5.41, 5.74) is 1.75. The second kappa shape index (κ2) is 5.55. The van der Waals surface area contributed by atoms with Crippen molar-refractivity contribution in [2.75, 3.05) is 13.1 Å². The number of rotatable bonds is 4. The molecule has 22 heavy (non-hydrogen) atoms. The Labute approximate surface area is 129 Å². The minimum Gasteiger partial charge on any atom is -0.360 e. The maximum Gasteiger partial charge on any atom is 0.276 e. The largest absolute Gasteiger partial charge is 0.360 e. The zero-order chi connectivity index (χ0) is 14.9. The second-order valence-electron chi connectivity index (χ2n) is 6.35. The van der Waals surface area contributed by atoms with Crippen molar-refractivity contribution in [1.82, 2.24) is 15.0 Å². The first-order valence-corrected chi connectivity index (χ1v) is 7.94. The average molecular weight is 297 g/mol. The standard InChI is InChI=1S/C17H19N3O2/c21-17(15-10-16(22-19-15)14-1-2-14)20-8-5-13(11-20)9-12-3-6-18-7-4-12/h3-4,6-7,10,13-14H,1-2,5,8-9,11H2/t13-/m0/s1. The third-order valence-corrected chi connectivity index (χ3v) is 4.57. The molecule has 0 N–H and O–H groups in total. The van der Waals surface area contributed by atoms with E-state index in [0.717, 1.165) is 44.5 Å². The highest BCUT2D eigenvalue weighted by Gasteiger charge is 2.32. The monoisotopic (exact) mass is 297 g/mol. The van der Waals surface area contributed by atoms with Gasteiger partial charge < -0.3 is 9.42 Å². The zero-order valence-corrected chi connectivity index (χ0v) is 12.4. The van der Waals surface area contributed by atoms with Gasteiger partial charge in [-0.25, -0.2) is 0 Å². The third kappa shape index (κ3) is 2.75. The van der Waals surface area contributed by atoms with Gasteiger partial charge in [-0.15, -0.1) is 0 Å². The number of likely N-dealkylation sites (tertiary alicyclic amines) is 1. The van der Waals surface area contributed by atoms with Crippen molar-refractivity contribution >= 4 is 5.91 Å². The molecule has 2 aromatic rings. The lowest BCUT2D eigenvalue weighted by Gasteiger charge is -2.14. The molecule has 2 aromatic heterocycles. The number of hydrogen-bond acceptors (Lipinski definition) is 4. The van der Waals surface area contributed by atoms with E-state index in [1.807, 2.05) is 35.5 Å². The van der Waals surface area contributed by atoms with E-state index in [1.165, 1.54) is 5.56 Å². The molecule has 1 aliphatic carbocycles. The van der Waals surface area contributed by atoms with E-state index >= 15 is 0 Å². The molecule has 5 nitrogen and oxygen atoms in total. The number of carbonyl (C=O) groups excluding carboxylic acids is 1. The van der Waals surface area contributed by atoms with Crippen LogP contribution < -0.4 is 0 Å². The Morgan fingerprint density at radius 3 is 2.86 bits per heavy atom. The van der Waals surface area contributed by atoms with Crippen LogP contribution in [0.1, 0.15) is 47.0 Å². The summed E-state index contributed by atoms with van der Waals surface area (Å²) in [7, 11) is 0. The SMILES string of the molecule is O=C(c1cc(C2CC2)on1)N1CC[C@@H](Cc2ccncc2)C1. The van der Waals surface area contributed by atoms with E-state index in [2.05, 4.69) is 10.1 Å². The summed E-state index contributed by atoms with van der Waals surface area (Å²) < 4.78 is 5.29. The molecule has 1 amide bonds. The predicted molar refractivity (Wildman–Crippen MR) is 80.4 cm³/mol. The average Bonchev–Trinajstić information content (AvgIpc) is 3.10. The van der Waals surface area contributed by atoms with Crippen molar-refractivity contribution in [1.29, 1.82) is 0 Å². The van der Waals surface area contributed by atoms with Crippen molar-refractivity contribution in [3.05, 3.63) is 47.6 Å². The number of amides is 1. The van der Waals surface area contributed by atoms with Crippen LogP contribution in [0.4, 0.5) is 0 Å². The number of carbonyl (C=O) groups is 1. The van der Waals surface area contributed by atoms with E-state index < -0.39 is 0 Å². The highest BCUT2D eigenvalue weighted by Crippen LogP contribution is 2.40. The quantitative estimate of drug-likeness (QED) is 0.870. The highest BCUT2D eigenvalue weighted by molar-refractivity contribution is 5.92. The molecule has 5 heteroatoms. The minimum atomic E-state index is 0.00729. The maximum absolute atomic E-state index is 12.5. The molecule has 3 heterocycles. The van der Waals surface area contributed by atoms with Crippen molar-refractivity contribution in [3.8, 4) is 0 Å². The lowest BCUT2D eigenvalue weighted by atomic mass is 10.00. The number of hydrogen-bond donors (Lipinski definition) is 0. The Hall–Kier alpha value is -2.17. The van der Waals surface area contributed by atoms with Crippen LogP contribution in [0, 0.1) is 5.92 Å². The number of aromatic nitrogens is 2. The Morgan fingerprint density at radius 2 is 2.09 bits per heavy atom. The normalized spacial score (nSPS) is 21.3. The third-order valence-electron chi connectivity index (χ3n) is 4.57. The number of pyridine rings is 1. The van der Waals surface area contributed by atoms with E-state index in [-0.39, 0.29) is 5.91 Å². The molecule has 0 spiro atoms. The predicted octanol–water partition coefficient (Wildman–Crippen LogP) is 2.65. The fourth-order valence-corrected chi connectivity index (χ4v) is 3.15. The molecule has 1 atom stereocenters. The first-order valence-electron chi connectivity index (χ1n) is 7.94. The van der Waals surface area contributed by atoms with Gasteiger partial charge >= 0.3 is 0 Å². The number of nitrogens with zero attached hydrogens (tertiary/aromatic N) is 3. The van der Waals surface area contributed by atoms with Gasteiger partial charge in [0.1, 0.15) is 5.76 Å². The molecule has 2 aliphatic rings. The van der Waals surface area contributed by atoms with Gasteiger partial charge in [-0.1, -0.05) is 5.16 Å². The van der Waals surface area contributed by atoms with Crippen molar-refractivity contribution < 1.29 is 9.32 Å². The first kappa shape index (κ1) is 13.5. The van der Waals surface area contributed by atoms with E-state index in [1.54, 1.807) is 0 Å². The molecule has 0 radical (unpaired) electrons. The van der Waals surface area contributed by atoms with Crippen LogP contribution in [-0.4, -0.2) is 34.0 Å². The van der Waals surface area contributed by atoms with E-state index in [9.17, 15) is 4.79 Å². The Morgan fingerprint density at radius 1 is 1.27 bits per heavy atom. The molecular formula is C17H19N3O2. The minimum absolute atomic E-state index is 0.00729. The van der Waals surface area contributed by atoms with Gasteiger partial charge in [-0.3, -0.25) is 9.78 Å². The van der Waals surface area contributed by atoms with Gasteiger partial charge in [0.25, 0.3) is 5.91 Å². The van der Waals surface area contributed by atoms with Crippen LogP contribution >= 0.6 is 0 Å². The van der Waals surface area contributed by atoms with Crippen LogP contribution in [0.3, 0.4) is 0 Å². The van der Waals surface area contributed by atoms with Crippen LogP contribution in [0.5, 0.6) is 0 Å². The summed E-state index contributed by atoms with van der Waals surface area (Å²) in [4.78, 5) is 18.4. The Balaban J connectivity index is 1.38. The van der Waals surface area contributed by atoms with Gasteiger partial charge in [0.2, 0.25) is 0 Å². The molecule has 1 aliphatic heterocycles. The molecule has 1 saturated heterocycles. The highest BCUT2D eigenvalue weighted by atomic mass is 16.5. The van der Waals surface area contributed by atoms with E-state index in [0.29, 0.717) is 17.5 Å². The maximum atomic E-state index is 12.5. The fourth-order valence-electron chi connectivity index (χ4n) is 3.15. The lowest BCUT2D eigenvalue weighted by Crippen LogP contribution is -2.29. The van der Waals surface area contributed by atoms with Crippen LogP contribution in [0.25, 0.3) is 0 Å². The molecule has 114 valence electrons. The van der Waals surface area contributed by atoms with Crippen LogP contribution in [0.2, 0.25) is 0 Å². The van der Waals surface area contributed by atoms with Gasteiger partial charge in [0.05, 0.1) is 0 Å². The fraction of sp³-hybridized carbons (Fsp3) is 0.471.